The molecule has 72 valence electrons. The molecule has 0 aliphatic carbocycles. The number of carbonyl (C=O) groups excluding carboxylic acids is 1. The Bertz CT molecular complexity index is 443. The van der Waals surface area contributed by atoms with Crippen molar-refractivity contribution in [1.29, 1.82) is 0 Å². The summed E-state index contributed by atoms with van der Waals surface area (Å²) in [6.45, 7) is 0.567. The predicted octanol–water partition coefficient (Wildman–Crippen LogP) is 0.477. The molecule has 5 heteroatoms. The highest BCUT2D eigenvalue weighted by Gasteiger charge is 2.04. The van der Waals surface area contributed by atoms with Crippen molar-refractivity contribution < 1.29 is 4.79 Å². The number of aryl methyl sites for hydroxylation is 1. The summed E-state index contributed by atoms with van der Waals surface area (Å²) in [5, 5.41) is 3.96. The third-order valence-electron chi connectivity index (χ3n) is 2.10. The van der Waals surface area contributed by atoms with Gasteiger partial charge < -0.3 is 4.57 Å². The van der Waals surface area contributed by atoms with Crippen molar-refractivity contribution in [3.8, 4) is 0 Å². The Labute approximate surface area is 81.0 Å². The Morgan fingerprint density at radius 1 is 1.57 bits per heavy atom. The van der Waals surface area contributed by atoms with Crippen LogP contribution < -0.4 is 0 Å². The average Bonchev–Trinajstić information content (AvgIpc) is 2.77. The van der Waals surface area contributed by atoms with Crippen LogP contribution in [0.15, 0.2) is 24.7 Å². The van der Waals surface area contributed by atoms with Gasteiger partial charge in [0, 0.05) is 13.2 Å². The van der Waals surface area contributed by atoms with E-state index in [1.807, 2.05) is 23.9 Å². The molecule has 2 aromatic heterocycles. The maximum absolute atomic E-state index is 10.6. The minimum Gasteiger partial charge on any atom is -0.338 e. The number of aromatic nitrogens is 4. The molecular weight excluding hydrogens is 180 g/mol. The Morgan fingerprint density at radius 3 is 3.07 bits per heavy atom. The summed E-state index contributed by atoms with van der Waals surface area (Å²) < 4.78 is 3.52. The van der Waals surface area contributed by atoms with E-state index in [2.05, 4.69) is 10.1 Å². The fourth-order valence-electron chi connectivity index (χ4n) is 1.29. The molecule has 2 aromatic rings. The third kappa shape index (κ3) is 1.44. The van der Waals surface area contributed by atoms with Crippen molar-refractivity contribution in [3.05, 3.63) is 36.2 Å². The molecule has 0 unspecified atom stereocenters. The second-order valence-electron chi connectivity index (χ2n) is 2.98. The van der Waals surface area contributed by atoms with Crippen LogP contribution in [0.2, 0.25) is 0 Å². The van der Waals surface area contributed by atoms with Crippen LogP contribution in [0.4, 0.5) is 0 Å². The lowest BCUT2D eigenvalue weighted by molar-refractivity contribution is 0.111. The standard InChI is InChI=1S/C9H10N4O/c1-12-9(10-7-11-12)5-13-4-2-3-8(13)6-14/h2-4,6-7H,5H2,1H3. The van der Waals surface area contributed by atoms with Gasteiger partial charge in [0.2, 0.25) is 0 Å². The van der Waals surface area contributed by atoms with E-state index >= 15 is 0 Å². The van der Waals surface area contributed by atoms with Crippen LogP contribution in [-0.4, -0.2) is 25.6 Å². The molecule has 2 heterocycles. The highest BCUT2D eigenvalue weighted by molar-refractivity contribution is 5.72. The Hall–Kier alpha value is -1.91. The summed E-state index contributed by atoms with van der Waals surface area (Å²) in [7, 11) is 1.83. The van der Waals surface area contributed by atoms with E-state index in [-0.39, 0.29) is 0 Å². The second-order valence-corrected chi connectivity index (χ2v) is 2.98. The highest BCUT2D eigenvalue weighted by atomic mass is 16.1. The molecule has 0 amide bonds. The lowest BCUT2D eigenvalue weighted by Gasteiger charge is -2.03. The van der Waals surface area contributed by atoms with E-state index in [9.17, 15) is 4.79 Å². The fourth-order valence-corrected chi connectivity index (χ4v) is 1.29. The fraction of sp³-hybridized carbons (Fsp3) is 0.222. The van der Waals surface area contributed by atoms with Crippen LogP contribution in [0.3, 0.4) is 0 Å². The van der Waals surface area contributed by atoms with Crippen molar-refractivity contribution in [2.45, 2.75) is 6.54 Å². The first-order valence-electron chi connectivity index (χ1n) is 4.24. The van der Waals surface area contributed by atoms with Gasteiger partial charge in [0.15, 0.2) is 6.29 Å². The predicted molar refractivity (Wildman–Crippen MR) is 49.9 cm³/mol. The lowest BCUT2D eigenvalue weighted by atomic mass is 10.4. The molecule has 0 saturated heterocycles. The molecule has 0 N–H and O–H groups in total. The quantitative estimate of drug-likeness (QED) is 0.661. The van der Waals surface area contributed by atoms with Crippen molar-refractivity contribution in [2.24, 2.45) is 7.05 Å². The van der Waals surface area contributed by atoms with E-state index in [1.165, 1.54) is 6.33 Å². The van der Waals surface area contributed by atoms with Gasteiger partial charge in [0.25, 0.3) is 0 Å². The molecule has 0 saturated carbocycles. The summed E-state index contributed by atoms with van der Waals surface area (Å²) in [5.74, 6) is 0.823. The van der Waals surface area contributed by atoms with Gasteiger partial charge in [0.1, 0.15) is 12.2 Å². The summed E-state index contributed by atoms with van der Waals surface area (Å²) in [5.41, 5.74) is 0.646. The third-order valence-corrected chi connectivity index (χ3v) is 2.10. The van der Waals surface area contributed by atoms with Gasteiger partial charge in [0.05, 0.1) is 12.2 Å². The molecule has 0 bridgehead atoms. The van der Waals surface area contributed by atoms with E-state index in [0.29, 0.717) is 12.2 Å². The Balaban J connectivity index is 2.27. The number of nitrogens with zero attached hydrogens (tertiary/aromatic N) is 4. The van der Waals surface area contributed by atoms with Crippen molar-refractivity contribution in [3.63, 3.8) is 0 Å². The van der Waals surface area contributed by atoms with E-state index < -0.39 is 0 Å². The first-order chi connectivity index (χ1) is 6.81. The van der Waals surface area contributed by atoms with Gasteiger partial charge in [-0.15, -0.1) is 0 Å². The Kier molecular flexibility index (Phi) is 2.14. The molecule has 0 atom stereocenters. The zero-order valence-electron chi connectivity index (χ0n) is 7.79. The maximum atomic E-state index is 10.6. The van der Waals surface area contributed by atoms with Gasteiger partial charge >= 0.3 is 0 Å². The number of carbonyl (C=O) groups is 1. The molecule has 0 fully saturated rings. The molecule has 0 aromatic carbocycles. The molecular formula is C9H10N4O. The van der Waals surface area contributed by atoms with Crippen LogP contribution in [-0.2, 0) is 13.6 Å². The zero-order valence-corrected chi connectivity index (χ0v) is 7.79. The van der Waals surface area contributed by atoms with Crippen LogP contribution >= 0.6 is 0 Å². The summed E-state index contributed by atoms with van der Waals surface area (Å²) >= 11 is 0. The Morgan fingerprint density at radius 2 is 2.43 bits per heavy atom. The molecule has 2 rings (SSSR count). The molecule has 0 aliphatic heterocycles. The largest absolute Gasteiger partial charge is 0.338 e. The van der Waals surface area contributed by atoms with Crippen molar-refractivity contribution in [2.75, 3.05) is 0 Å². The van der Waals surface area contributed by atoms with E-state index in [0.717, 1.165) is 12.1 Å². The highest BCUT2D eigenvalue weighted by Crippen LogP contribution is 2.02. The van der Waals surface area contributed by atoms with Crippen LogP contribution in [0, 0.1) is 0 Å². The van der Waals surface area contributed by atoms with Crippen LogP contribution in [0.25, 0.3) is 0 Å². The van der Waals surface area contributed by atoms with Crippen molar-refractivity contribution in [1.82, 2.24) is 19.3 Å². The maximum Gasteiger partial charge on any atom is 0.166 e. The minimum absolute atomic E-state index is 0.567. The van der Waals surface area contributed by atoms with Gasteiger partial charge in [-0.1, -0.05) is 0 Å². The molecule has 0 spiro atoms. The number of rotatable bonds is 3. The molecule has 0 aliphatic rings. The van der Waals surface area contributed by atoms with Crippen molar-refractivity contribution >= 4 is 6.29 Å². The average molecular weight is 190 g/mol. The van der Waals surface area contributed by atoms with Gasteiger partial charge in [-0.05, 0) is 12.1 Å². The normalized spacial score (nSPS) is 10.4. The van der Waals surface area contributed by atoms with E-state index in [1.54, 1.807) is 10.7 Å². The zero-order chi connectivity index (χ0) is 9.97. The van der Waals surface area contributed by atoms with E-state index in [4.69, 9.17) is 0 Å². The number of hydrogen-bond acceptors (Lipinski definition) is 3. The minimum atomic E-state index is 0.567. The summed E-state index contributed by atoms with van der Waals surface area (Å²) in [4.78, 5) is 14.7. The summed E-state index contributed by atoms with van der Waals surface area (Å²) in [6, 6.07) is 3.60. The van der Waals surface area contributed by atoms with Gasteiger partial charge in [-0.2, -0.15) is 5.10 Å². The lowest BCUT2D eigenvalue weighted by Crippen LogP contribution is -2.08. The SMILES string of the molecule is Cn1ncnc1Cn1cccc1C=O. The second kappa shape index (κ2) is 3.45. The monoisotopic (exact) mass is 190 g/mol. The molecule has 5 nitrogen and oxygen atoms in total. The van der Waals surface area contributed by atoms with Crippen LogP contribution in [0.1, 0.15) is 16.3 Å². The smallest absolute Gasteiger partial charge is 0.166 e. The number of aldehydes is 1. The first kappa shape index (κ1) is 8.68. The van der Waals surface area contributed by atoms with Gasteiger partial charge in [-0.3, -0.25) is 9.48 Å². The molecule has 14 heavy (non-hydrogen) atoms. The van der Waals surface area contributed by atoms with Crippen LogP contribution in [0.5, 0.6) is 0 Å². The van der Waals surface area contributed by atoms with Gasteiger partial charge in [-0.25, -0.2) is 4.98 Å². The first-order valence-corrected chi connectivity index (χ1v) is 4.24. The topological polar surface area (TPSA) is 52.7 Å². The summed E-state index contributed by atoms with van der Waals surface area (Å²) in [6.07, 6.45) is 4.17. The number of hydrogen-bond donors (Lipinski definition) is 0. The molecule has 0 radical (unpaired) electrons.